The Kier molecular flexibility index (Phi) is 3.88. The molecule has 1 aromatic carbocycles. The van der Waals surface area contributed by atoms with Crippen molar-refractivity contribution in [3.63, 3.8) is 0 Å². The summed E-state index contributed by atoms with van der Waals surface area (Å²) in [5.74, 6) is 0.482. The number of hydrogen-bond acceptors (Lipinski definition) is 3. The zero-order valence-corrected chi connectivity index (χ0v) is 11.5. The normalized spacial score (nSPS) is 10.1. The van der Waals surface area contributed by atoms with E-state index in [1.54, 1.807) is 18.2 Å². The van der Waals surface area contributed by atoms with Crippen molar-refractivity contribution in [2.75, 3.05) is 0 Å². The molecule has 18 heavy (non-hydrogen) atoms. The molecule has 1 heterocycles. The topological polar surface area (TPSA) is 48.1 Å². The molecule has 1 aromatic heterocycles. The Morgan fingerprint density at radius 3 is 2.72 bits per heavy atom. The van der Waals surface area contributed by atoms with Crippen molar-refractivity contribution in [3.05, 3.63) is 52.5 Å². The highest BCUT2D eigenvalue weighted by Gasteiger charge is 2.04. The fourth-order valence-electron chi connectivity index (χ4n) is 1.33. The largest absolute Gasteiger partial charge is 0.457 e. The van der Waals surface area contributed by atoms with Crippen molar-refractivity contribution >= 4 is 33.1 Å². The predicted octanol–water partition coefficient (Wildman–Crippen LogP) is 3.41. The minimum atomic E-state index is -0.386. The number of rotatable bonds is 3. The summed E-state index contributed by atoms with van der Waals surface area (Å²) in [7, 11) is 0. The molecule has 0 aliphatic rings. The Hall–Kier alpha value is -1.53. The van der Waals surface area contributed by atoms with Gasteiger partial charge in [0.25, 0.3) is 0 Å². The molecule has 92 valence electrons. The number of halogens is 2. The van der Waals surface area contributed by atoms with Crippen LogP contribution in [-0.2, 0) is 0 Å². The van der Waals surface area contributed by atoms with Gasteiger partial charge in [-0.3, -0.25) is 4.98 Å². The van der Waals surface area contributed by atoms with Gasteiger partial charge < -0.3 is 10.5 Å². The highest BCUT2D eigenvalue weighted by molar-refractivity contribution is 9.10. The highest BCUT2D eigenvalue weighted by atomic mass is 79.9. The number of ether oxygens (including phenoxy) is 1. The summed E-state index contributed by atoms with van der Waals surface area (Å²) in [4.78, 5) is 4.17. The van der Waals surface area contributed by atoms with Crippen molar-refractivity contribution in [3.8, 4) is 11.5 Å². The average Bonchev–Trinajstić information content (AvgIpc) is 2.27. The minimum Gasteiger partial charge on any atom is -0.457 e. The van der Waals surface area contributed by atoms with E-state index in [9.17, 15) is 4.39 Å². The molecular formula is C12H8BrFN2OS. The van der Waals surface area contributed by atoms with Gasteiger partial charge in [-0.2, -0.15) is 0 Å². The summed E-state index contributed by atoms with van der Waals surface area (Å²) in [5.41, 5.74) is 5.93. The molecule has 0 spiro atoms. The Labute approximate surface area is 117 Å². The lowest BCUT2D eigenvalue weighted by Gasteiger charge is -2.07. The molecule has 6 heteroatoms. The van der Waals surface area contributed by atoms with Gasteiger partial charge in [0.2, 0.25) is 0 Å². The molecule has 0 aliphatic carbocycles. The number of benzene rings is 1. The number of nitrogens with zero attached hydrogens (tertiary/aromatic N) is 1. The van der Waals surface area contributed by atoms with Gasteiger partial charge in [-0.25, -0.2) is 4.39 Å². The Morgan fingerprint density at radius 1 is 1.28 bits per heavy atom. The lowest BCUT2D eigenvalue weighted by atomic mass is 10.3. The summed E-state index contributed by atoms with van der Waals surface area (Å²) in [5, 5.41) is 0. The van der Waals surface area contributed by atoms with Gasteiger partial charge in [0.15, 0.2) is 0 Å². The summed E-state index contributed by atoms with van der Waals surface area (Å²) in [6, 6.07) is 7.52. The number of nitrogens with two attached hydrogens (primary N) is 1. The summed E-state index contributed by atoms with van der Waals surface area (Å²) in [6.07, 6.45) is 1.53. The average molecular weight is 327 g/mol. The molecule has 2 rings (SSSR count). The van der Waals surface area contributed by atoms with Crippen molar-refractivity contribution in [2.24, 2.45) is 5.73 Å². The van der Waals surface area contributed by atoms with E-state index in [4.69, 9.17) is 22.7 Å². The van der Waals surface area contributed by atoms with Gasteiger partial charge in [0, 0.05) is 22.8 Å². The molecule has 0 bridgehead atoms. The standard InChI is InChI=1S/C12H8BrFN2OS/c13-7-3-8(14)5-10(4-7)17-9-1-2-16-11(6-9)12(15)18/h1-6H,(H2,15,18). The van der Waals surface area contributed by atoms with Crippen LogP contribution in [0.5, 0.6) is 11.5 Å². The second-order valence-corrected chi connectivity index (χ2v) is 4.80. The fourth-order valence-corrected chi connectivity index (χ4v) is 1.89. The first-order chi connectivity index (χ1) is 8.54. The zero-order valence-electron chi connectivity index (χ0n) is 9.06. The van der Waals surface area contributed by atoms with Crippen LogP contribution in [0.15, 0.2) is 41.0 Å². The first-order valence-electron chi connectivity index (χ1n) is 4.94. The van der Waals surface area contributed by atoms with Gasteiger partial charge in [-0.05, 0) is 18.2 Å². The van der Waals surface area contributed by atoms with E-state index >= 15 is 0 Å². The van der Waals surface area contributed by atoms with E-state index in [0.717, 1.165) is 0 Å². The molecular weight excluding hydrogens is 319 g/mol. The van der Waals surface area contributed by atoms with Crippen LogP contribution in [0.2, 0.25) is 0 Å². The molecule has 0 saturated heterocycles. The highest BCUT2D eigenvalue weighted by Crippen LogP contribution is 2.25. The van der Waals surface area contributed by atoms with Gasteiger partial charge in [-0.1, -0.05) is 28.1 Å². The second kappa shape index (κ2) is 5.41. The number of hydrogen-bond donors (Lipinski definition) is 1. The maximum absolute atomic E-state index is 13.2. The Morgan fingerprint density at radius 2 is 2.06 bits per heavy atom. The third-order valence-corrected chi connectivity index (χ3v) is 2.72. The van der Waals surface area contributed by atoms with E-state index in [0.29, 0.717) is 21.7 Å². The molecule has 0 saturated carbocycles. The third kappa shape index (κ3) is 3.24. The predicted molar refractivity (Wildman–Crippen MR) is 74.3 cm³/mol. The minimum absolute atomic E-state index is 0.181. The molecule has 0 fully saturated rings. The molecule has 2 aromatic rings. The third-order valence-electron chi connectivity index (χ3n) is 2.06. The van der Waals surface area contributed by atoms with E-state index in [-0.39, 0.29) is 10.8 Å². The van der Waals surface area contributed by atoms with Gasteiger partial charge in [-0.15, -0.1) is 0 Å². The van der Waals surface area contributed by atoms with Crippen LogP contribution in [0.4, 0.5) is 4.39 Å². The van der Waals surface area contributed by atoms with Crippen LogP contribution in [0, 0.1) is 5.82 Å². The van der Waals surface area contributed by atoms with E-state index < -0.39 is 0 Å². The van der Waals surface area contributed by atoms with Crippen LogP contribution < -0.4 is 10.5 Å². The lowest BCUT2D eigenvalue weighted by molar-refractivity contribution is 0.475. The second-order valence-electron chi connectivity index (χ2n) is 3.45. The monoisotopic (exact) mass is 326 g/mol. The maximum Gasteiger partial charge on any atom is 0.131 e. The van der Waals surface area contributed by atoms with Crippen LogP contribution in [0.3, 0.4) is 0 Å². The van der Waals surface area contributed by atoms with Gasteiger partial charge in [0.05, 0.1) is 0 Å². The van der Waals surface area contributed by atoms with E-state index in [1.807, 2.05) is 0 Å². The van der Waals surface area contributed by atoms with Crippen LogP contribution in [-0.4, -0.2) is 9.97 Å². The fraction of sp³-hybridized carbons (Fsp3) is 0. The van der Waals surface area contributed by atoms with Crippen molar-refractivity contribution < 1.29 is 9.13 Å². The summed E-state index contributed by atoms with van der Waals surface area (Å²) < 4.78 is 19.3. The molecule has 3 nitrogen and oxygen atoms in total. The molecule has 0 amide bonds. The van der Waals surface area contributed by atoms with Crippen LogP contribution >= 0.6 is 28.1 Å². The van der Waals surface area contributed by atoms with Crippen LogP contribution in [0.25, 0.3) is 0 Å². The van der Waals surface area contributed by atoms with E-state index in [2.05, 4.69) is 20.9 Å². The van der Waals surface area contributed by atoms with Gasteiger partial charge >= 0.3 is 0 Å². The Balaban J connectivity index is 2.28. The van der Waals surface area contributed by atoms with Gasteiger partial charge in [0.1, 0.15) is 28.0 Å². The SMILES string of the molecule is NC(=S)c1cc(Oc2cc(F)cc(Br)c2)ccn1. The van der Waals surface area contributed by atoms with Crippen LogP contribution in [0.1, 0.15) is 5.69 Å². The number of aromatic nitrogens is 1. The quantitative estimate of drug-likeness (QED) is 0.878. The van der Waals surface area contributed by atoms with Crippen molar-refractivity contribution in [1.82, 2.24) is 4.98 Å². The Bertz CT molecular complexity index is 586. The van der Waals surface area contributed by atoms with Crippen molar-refractivity contribution in [2.45, 2.75) is 0 Å². The number of pyridine rings is 1. The smallest absolute Gasteiger partial charge is 0.131 e. The molecule has 2 N–H and O–H groups in total. The van der Waals surface area contributed by atoms with Crippen molar-refractivity contribution in [1.29, 1.82) is 0 Å². The first kappa shape index (κ1) is 12.9. The zero-order chi connectivity index (χ0) is 13.1. The number of thiocarbonyl (C=S) groups is 1. The molecule has 0 aliphatic heterocycles. The molecule has 0 radical (unpaired) electrons. The lowest BCUT2D eigenvalue weighted by Crippen LogP contribution is -2.11. The maximum atomic E-state index is 13.2. The molecule has 0 unspecified atom stereocenters. The van der Waals surface area contributed by atoms with E-state index in [1.165, 1.54) is 18.3 Å². The summed E-state index contributed by atoms with van der Waals surface area (Å²) >= 11 is 8.01. The molecule has 0 atom stereocenters. The summed E-state index contributed by atoms with van der Waals surface area (Å²) in [6.45, 7) is 0. The first-order valence-corrected chi connectivity index (χ1v) is 6.14.